The van der Waals surface area contributed by atoms with Gasteiger partial charge in [0.15, 0.2) is 0 Å². The minimum absolute atomic E-state index is 0.0587. The van der Waals surface area contributed by atoms with Crippen LogP contribution in [-0.2, 0) is 0 Å². The first-order valence-electron chi connectivity index (χ1n) is 6.28. The van der Waals surface area contributed by atoms with Crippen molar-refractivity contribution in [2.45, 2.75) is 33.7 Å². The van der Waals surface area contributed by atoms with Crippen molar-refractivity contribution < 1.29 is 4.39 Å². The van der Waals surface area contributed by atoms with Crippen LogP contribution < -0.4 is 5.73 Å². The molecule has 2 nitrogen and oxygen atoms in total. The minimum atomic E-state index is -0.244. The van der Waals surface area contributed by atoms with E-state index in [9.17, 15) is 4.39 Å². The molecule has 2 N–H and O–H groups in total. The molecule has 2 aromatic rings. The van der Waals surface area contributed by atoms with Crippen LogP contribution in [-0.4, -0.2) is 4.98 Å². The number of halogens is 1. The van der Waals surface area contributed by atoms with Crippen molar-refractivity contribution in [2.75, 3.05) is 0 Å². The Bertz CT molecular complexity index is 584. The predicted octanol–water partition coefficient (Wildman–Crippen LogP) is 4.30. The monoisotopic (exact) mass is 278 g/mol. The molecule has 19 heavy (non-hydrogen) atoms. The van der Waals surface area contributed by atoms with Crippen molar-refractivity contribution in [1.82, 2.24) is 4.98 Å². The first kappa shape index (κ1) is 14.2. The highest BCUT2D eigenvalue weighted by molar-refractivity contribution is 7.12. The third-order valence-electron chi connectivity index (χ3n) is 3.14. The summed E-state index contributed by atoms with van der Waals surface area (Å²) in [5, 5.41) is 0.864. The van der Waals surface area contributed by atoms with Crippen molar-refractivity contribution in [2.24, 2.45) is 11.1 Å². The fourth-order valence-electron chi connectivity index (χ4n) is 1.82. The Morgan fingerprint density at radius 2 is 1.89 bits per heavy atom. The zero-order chi connectivity index (χ0) is 14.2. The van der Waals surface area contributed by atoms with E-state index in [1.165, 1.54) is 6.07 Å². The molecule has 102 valence electrons. The predicted molar refractivity (Wildman–Crippen MR) is 78.6 cm³/mol. The summed E-state index contributed by atoms with van der Waals surface area (Å²) >= 11 is 1.55. The van der Waals surface area contributed by atoms with E-state index >= 15 is 0 Å². The number of aryl methyl sites for hydroxylation is 1. The lowest BCUT2D eigenvalue weighted by molar-refractivity contribution is 0.326. The Morgan fingerprint density at radius 1 is 1.26 bits per heavy atom. The number of hydrogen-bond donors (Lipinski definition) is 1. The maximum Gasteiger partial charge on any atom is 0.132 e. The fraction of sp³-hybridized carbons (Fsp3) is 0.400. The maximum atomic E-state index is 13.8. The summed E-state index contributed by atoms with van der Waals surface area (Å²) < 4.78 is 13.8. The number of nitrogens with zero attached hydrogens (tertiary/aromatic N) is 1. The van der Waals surface area contributed by atoms with Crippen LogP contribution in [0, 0.1) is 18.2 Å². The Kier molecular flexibility index (Phi) is 3.74. The summed E-state index contributed by atoms with van der Waals surface area (Å²) in [6.45, 7) is 8.20. The lowest BCUT2D eigenvalue weighted by Gasteiger charge is -2.24. The standard InChI is InChI=1S/C15H19FN2S/c1-9-12(10-7-5-6-8-11(10)16)18-14(19-9)13(17)15(2,3)4/h5-8,13H,17H2,1-4H3. The molecule has 0 fully saturated rings. The van der Waals surface area contributed by atoms with Gasteiger partial charge in [-0.25, -0.2) is 9.37 Å². The average Bonchev–Trinajstić information content (AvgIpc) is 2.69. The van der Waals surface area contributed by atoms with Crippen LogP contribution in [0.15, 0.2) is 24.3 Å². The molecule has 0 aliphatic rings. The zero-order valence-electron chi connectivity index (χ0n) is 11.7. The van der Waals surface area contributed by atoms with Gasteiger partial charge in [0.25, 0.3) is 0 Å². The van der Waals surface area contributed by atoms with Crippen LogP contribution in [0.2, 0.25) is 0 Å². The van der Waals surface area contributed by atoms with E-state index in [-0.39, 0.29) is 17.3 Å². The van der Waals surface area contributed by atoms with Crippen LogP contribution >= 0.6 is 11.3 Å². The fourth-order valence-corrected chi connectivity index (χ4v) is 3.01. The number of rotatable bonds is 2. The van der Waals surface area contributed by atoms with Crippen LogP contribution in [0.25, 0.3) is 11.3 Å². The molecule has 1 unspecified atom stereocenters. The quantitative estimate of drug-likeness (QED) is 0.889. The summed E-state index contributed by atoms with van der Waals surface area (Å²) in [5.41, 5.74) is 7.42. The van der Waals surface area contributed by atoms with Crippen LogP contribution in [0.5, 0.6) is 0 Å². The van der Waals surface area contributed by atoms with Gasteiger partial charge in [0, 0.05) is 10.4 Å². The van der Waals surface area contributed by atoms with Crippen LogP contribution in [0.3, 0.4) is 0 Å². The third-order valence-corrected chi connectivity index (χ3v) is 4.20. The van der Waals surface area contributed by atoms with Gasteiger partial charge in [-0.2, -0.15) is 0 Å². The molecular formula is C15H19FN2S. The zero-order valence-corrected chi connectivity index (χ0v) is 12.5. The summed E-state index contributed by atoms with van der Waals surface area (Å²) in [6.07, 6.45) is 0. The summed E-state index contributed by atoms with van der Waals surface area (Å²) in [7, 11) is 0. The van der Waals surface area contributed by atoms with Gasteiger partial charge in [0.1, 0.15) is 10.8 Å². The van der Waals surface area contributed by atoms with Crippen LogP contribution in [0.1, 0.15) is 36.7 Å². The van der Waals surface area contributed by atoms with E-state index in [1.54, 1.807) is 23.5 Å². The van der Waals surface area contributed by atoms with Crippen LogP contribution in [0.4, 0.5) is 4.39 Å². The smallest absolute Gasteiger partial charge is 0.132 e. The Labute approximate surface area is 117 Å². The molecule has 2 rings (SSSR count). The molecule has 0 saturated carbocycles. The van der Waals surface area contributed by atoms with Gasteiger partial charge in [-0.05, 0) is 24.5 Å². The molecule has 1 aromatic heterocycles. The average molecular weight is 278 g/mol. The van der Waals surface area contributed by atoms with Gasteiger partial charge >= 0.3 is 0 Å². The molecule has 1 aromatic carbocycles. The van der Waals surface area contributed by atoms with Gasteiger partial charge in [0.2, 0.25) is 0 Å². The highest BCUT2D eigenvalue weighted by atomic mass is 32.1. The molecule has 0 amide bonds. The van der Waals surface area contributed by atoms with E-state index in [0.29, 0.717) is 11.3 Å². The SMILES string of the molecule is Cc1sc(C(N)C(C)(C)C)nc1-c1ccccc1F. The largest absolute Gasteiger partial charge is 0.322 e. The Hall–Kier alpha value is -1.26. The maximum absolute atomic E-state index is 13.8. The van der Waals surface area contributed by atoms with Gasteiger partial charge < -0.3 is 5.73 Å². The van der Waals surface area contributed by atoms with Gasteiger partial charge in [-0.1, -0.05) is 32.9 Å². The lowest BCUT2D eigenvalue weighted by Crippen LogP contribution is -2.26. The first-order valence-corrected chi connectivity index (χ1v) is 7.10. The molecule has 0 spiro atoms. The van der Waals surface area contributed by atoms with E-state index in [1.807, 2.05) is 13.0 Å². The van der Waals surface area contributed by atoms with Crippen molar-refractivity contribution in [3.63, 3.8) is 0 Å². The number of hydrogen-bond acceptors (Lipinski definition) is 3. The van der Waals surface area contributed by atoms with E-state index in [2.05, 4.69) is 25.8 Å². The topological polar surface area (TPSA) is 38.9 Å². The molecule has 1 atom stereocenters. The van der Waals surface area contributed by atoms with Gasteiger partial charge in [-0.3, -0.25) is 0 Å². The minimum Gasteiger partial charge on any atom is -0.322 e. The lowest BCUT2D eigenvalue weighted by atomic mass is 9.88. The molecule has 4 heteroatoms. The second-order valence-electron chi connectivity index (χ2n) is 5.78. The number of thiazole rings is 1. The van der Waals surface area contributed by atoms with Gasteiger partial charge in [0.05, 0.1) is 11.7 Å². The molecule has 0 radical (unpaired) electrons. The molecular weight excluding hydrogens is 259 g/mol. The molecule has 0 saturated heterocycles. The summed E-state index contributed by atoms with van der Waals surface area (Å²) in [6, 6.07) is 6.57. The number of benzene rings is 1. The number of nitrogens with two attached hydrogens (primary N) is 1. The normalized spacial score (nSPS) is 13.6. The van der Waals surface area contributed by atoms with Crippen molar-refractivity contribution in [1.29, 1.82) is 0 Å². The Morgan fingerprint density at radius 3 is 2.47 bits per heavy atom. The molecule has 0 aliphatic carbocycles. The van der Waals surface area contributed by atoms with E-state index in [4.69, 9.17) is 5.73 Å². The second kappa shape index (κ2) is 5.02. The van der Waals surface area contributed by atoms with Crippen molar-refractivity contribution in [3.8, 4) is 11.3 Å². The van der Waals surface area contributed by atoms with E-state index in [0.717, 1.165) is 9.88 Å². The Balaban J connectivity index is 2.46. The summed E-state index contributed by atoms with van der Waals surface area (Å²) in [4.78, 5) is 5.56. The molecule has 1 heterocycles. The summed E-state index contributed by atoms with van der Waals surface area (Å²) in [5.74, 6) is -0.244. The molecule has 0 bridgehead atoms. The first-order chi connectivity index (χ1) is 8.80. The number of aromatic nitrogens is 1. The highest BCUT2D eigenvalue weighted by Crippen LogP contribution is 2.37. The van der Waals surface area contributed by atoms with Crippen molar-refractivity contribution >= 4 is 11.3 Å². The van der Waals surface area contributed by atoms with E-state index < -0.39 is 0 Å². The highest BCUT2D eigenvalue weighted by Gasteiger charge is 2.26. The molecule has 0 aliphatic heterocycles. The second-order valence-corrected chi connectivity index (χ2v) is 7.02. The van der Waals surface area contributed by atoms with Crippen molar-refractivity contribution in [3.05, 3.63) is 40.0 Å². The third kappa shape index (κ3) is 2.85. The van der Waals surface area contributed by atoms with Gasteiger partial charge in [-0.15, -0.1) is 11.3 Å².